The first-order valence-corrected chi connectivity index (χ1v) is 6.22. The van der Waals surface area contributed by atoms with Gasteiger partial charge in [-0.25, -0.2) is 4.68 Å². The standard InChI is InChI=1S/C15H15N3O/c16-15-10-14(17-18(15)8-9-19)13-7-3-5-11-4-1-2-6-12(11)13/h1-7,10,19H,8-9,16H2. The fraction of sp³-hybridized carbons (Fsp3) is 0.133. The van der Waals surface area contributed by atoms with Gasteiger partial charge >= 0.3 is 0 Å². The van der Waals surface area contributed by atoms with Gasteiger partial charge in [-0.2, -0.15) is 5.10 Å². The Hall–Kier alpha value is -2.33. The second-order valence-corrected chi connectivity index (χ2v) is 4.43. The number of aliphatic hydroxyl groups excluding tert-OH is 1. The predicted octanol–water partition coefficient (Wildman–Crippen LogP) is 2.28. The quantitative estimate of drug-likeness (QED) is 0.752. The van der Waals surface area contributed by atoms with Crippen LogP contribution in [0.4, 0.5) is 5.82 Å². The SMILES string of the molecule is Nc1cc(-c2cccc3ccccc23)nn1CCO. The summed E-state index contributed by atoms with van der Waals surface area (Å²) < 4.78 is 1.62. The minimum atomic E-state index is 0.0286. The second-order valence-electron chi connectivity index (χ2n) is 4.43. The Morgan fingerprint density at radius 3 is 2.74 bits per heavy atom. The molecule has 0 aliphatic rings. The van der Waals surface area contributed by atoms with Crippen LogP contribution in [0.3, 0.4) is 0 Å². The van der Waals surface area contributed by atoms with Crippen molar-refractivity contribution in [2.75, 3.05) is 12.3 Å². The van der Waals surface area contributed by atoms with Crippen LogP contribution >= 0.6 is 0 Å². The molecule has 3 rings (SSSR count). The van der Waals surface area contributed by atoms with E-state index in [0.29, 0.717) is 12.4 Å². The molecule has 4 nitrogen and oxygen atoms in total. The van der Waals surface area contributed by atoms with Crippen molar-refractivity contribution in [2.45, 2.75) is 6.54 Å². The maximum atomic E-state index is 8.98. The normalized spacial score (nSPS) is 11.0. The van der Waals surface area contributed by atoms with Gasteiger partial charge < -0.3 is 10.8 Å². The Morgan fingerprint density at radius 2 is 1.89 bits per heavy atom. The summed E-state index contributed by atoms with van der Waals surface area (Å²) in [5, 5.41) is 15.8. The van der Waals surface area contributed by atoms with Gasteiger partial charge in [0, 0.05) is 11.6 Å². The zero-order chi connectivity index (χ0) is 13.2. The molecule has 0 unspecified atom stereocenters. The molecule has 3 aromatic rings. The van der Waals surface area contributed by atoms with Crippen LogP contribution in [-0.4, -0.2) is 21.5 Å². The van der Waals surface area contributed by atoms with Crippen LogP contribution in [0.25, 0.3) is 22.0 Å². The summed E-state index contributed by atoms with van der Waals surface area (Å²) in [7, 11) is 0. The molecule has 1 heterocycles. The lowest BCUT2D eigenvalue weighted by atomic mass is 10.0. The van der Waals surface area contributed by atoms with Crippen molar-refractivity contribution in [1.82, 2.24) is 9.78 Å². The van der Waals surface area contributed by atoms with Crippen LogP contribution in [0.1, 0.15) is 0 Å². The molecule has 0 fully saturated rings. The van der Waals surface area contributed by atoms with Crippen LogP contribution in [-0.2, 0) is 6.54 Å². The number of hydrogen-bond acceptors (Lipinski definition) is 3. The van der Waals surface area contributed by atoms with Gasteiger partial charge in [0.2, 0.25) is 0 Å². The number of aromatic nitrogens is 2. The van der Waals surface area contributed by atoms with Gasteiger partial charge in [-0.15, -0.1) is 0 Å². The fourth-order valence-corrected chi connectivity index (χ4v) is 2.29. The predicted molar refractivity (Wildman–Crippen MR) is 76.7 cm³/mol. The van der Waals surface area contributed by atoms with Gasteiger partial charge in [0.1, 0.15) is 5.82 Å². The minimum absolute atomic E-state index is 0.0286. The summed E-state index contributed by atoms with van der Waals surface area (Å²) in [4.78, 5) is 0. The number of aliphatic hydroxyl groups is 1. The molecule has 3 N–H and O–H groups in total. The van der Waals surface area contributed by atoms with Crippen molar-refractivity contribution in [3.8, 4) is 11.3 Å². The number of nitrogen functional groups attached to an aromatic ring is 1. The van der Waals surface area contributed by atoms with Crippen LogP contribution in [0.5, 0.6) is 0 Å². The third kappa shape index (κ3) is 2.06. The summed E-state index contributed by atoms with van der Waals surface area (Å²) in [5.41, 5.74) is 7.79. The van der Waals surface area contributed by atoms with Gasteiger partial charge in [0.25, 0.3) is 0 Å². The molecule has 1 aromatic heterocycles. The first kappa shape index (κ1) is 11.7. The first-order valence-electron chi connectivity index (χ1n) is 6.22. The number of nitrogens with zero attached hydrogens (tertiary/aromatic N) is 2. The molecule has 0 saturated carbocycles. The lowest BCUT2D eigenvalue weighted by molar-refractivity contribution is 0.270. The number of benzene rings is 2. The van der Waals surface area contributed by atoms with E-state index < -0.39 is 0 Å². The van der Waals surface area contributed by atoms with E-state index in [1.54, 1.807) is 4.68 Å². The zero-order valence-corrected chi connectivity index (χ0v) is 10.5. The van der Waals surface area contributed by atoms with Gasteiger partial charge in [-0.1, -0.05) is 42.5 Å². The van der Waals surface area contributed by atoms with Crippen LogP contribution in [0, 0.1) is 0 Å². The molecule has 19 heavy (non-hydrogen) atoms. The van der Waals surface area contributed by atoms with Crippen LogP contribution < -0.4 is 5.73 Å². The summed E-state index contributed by atoms with van der Waals surface area (Å²) in [5.74, 6) is 0.567. The molecule has 96 valence electrons. The molecule has 2 aromatic carbocycles. The molecule has 4 heteroatoms. The van der Waals surface area contributed by atoms with E-state index in [1.165, 1.54) is 5.39 Å². The maximum absolute atomic E-state index is 8.98. The Balaban J connectivity index is 2.16. The lowest BCUT2D eigenvalue weighted by Crippen LogP contribution is -2.07. The highest BCUT2D eigenvalue weighted by Gasteiger charge is 2.09. The summed E-state index contributed by atoms with van der Waals surface area (Å²) in [6.07, 6.45) is 0. The third-order valence-electron chi connectivity index (χ3n) is 3.19. The number of anilines is 1. The first-order chi connectivity index (χ1) is 9.29. The van der Waals surface area contributed by atoms with E-state index >= 15 is 0 Å². The topological polar surface area (TPSA) is 64.1 Å². The van der Waals surface area contributed by atoms with E-state index in [-0.39, 0.29) is 6.61 Å². The molecular formula is C15H15N3O. The molecule has 0 saturated heterocycles. The van der Waals surface area contributed by atoms with E-state index in [1.807, 2.05) is 30.3 Å². The Kier molecular flexibility index (Phi) is 2.93. The summed E-state index contributed by atoms with van der Waals surface area (Å²) >= 11 is 0. The Bertz CT molecular complexity index is 713. The second kappa shape index (κ2) is 4.74. The molecule has 0 aliphatic heterocycles. The minimum Gasteiger partial charge on any atom is -0.394 e. The van der Waals surface area contributed by atoms with Gasteiger partial charge in [-0.05, 0) is 10.8 Å². The van der Waals surface area contributed by atoms with Crippen molar-refractivity contribution < 1.29 is 5.11 Å². The van der Waals surface area contributed by atoms with Crippen molar-refractivity contribution in [3.63, 3.8) is 0 Å². The van der Waals surface area contributed by atoms with E-state index in [0.717, 1.165) is 16.6 Å². The van der Waals surface area contributed by atoms with Crippen LogP contribution in [0.15, 0.2) is 48.5 Å². The van der Waals surface area contributed by atoms with E-state index in [9.17, 15) is 0 Å². The Morgan fingerprint density at radius 1 is 1.11 bits per heavy atom. The number of rotatable bonds is 3. The molecule has 0 atom stereocenters. The van der Waals surface area contributed by atoms with Crippen molar-refractivity contribution >= 4 is 16.6 Å². The Labute approximate surface area is 111 Å². The number of fused-ring (bicyclic) bond motifs is 1. The summed E-state index contributed by atoms with van der Waals surface area (Å²) in [6.45, 7) is 0.442. The molecule has 0 spiro atoms. The number of nitrogens with two attached hydrogens (primary N) is 1. The third-order valence-corrected chi connectivity index (χ3v) is 3.19. The highest BCUT2D eigenvalue weighted by Crippen LogP contribution is 2.28. The molecule has 0 bridgehead atoms. The van der Waals surface area contributed by atoms with Gasteiger partial charge in [-0.3, -0.25) is 0 Å². The molecule has 0 radical (unpaired) electrons. The maximum Gasteiger partial charge on any atom is 0.122 e. The zero-order valence-electron chi connectivity index (χ0n) is 10.5. The van der Waals surface area contributed by atoms with E-state index in [2.05, 4.69) is 23.3 Å². The monoisotopic (exact) mass is 253 g/mol. The lowest BCUT2D eigenvalue weighted by Gasteiger charge is -2.03. The smallest absolute Gasteiger partial charge is 0.122 e. The van der Waals surface area contributed by atoms with Gasteiger partial charge in [0.05, 0.1) is 18.8 Å². The van der Waals surface area contributed by atoms with Crippen LogP contribution in [0.2, 0.25) is 0 Å². The average molecular weight is 253 g/mol. The number of hydrogen-bond donors (Lipinski definition) is 2. The van der Waals surface area contributed by atoms with Crippen molar-refractivity contribution in [2.24, 2.45) is 0 Å². The summed E-state index contributed by atoms with van der Waals surface area (Å²) in [6, 6.07) is 16.2. The fourth-order valence-electron chi connectivity index (χ4n) is 2.29. The molecular weight excluding hydrogens is 238 g/mol. The molecule has 0 amide bonds. The average Bonchev–Trinajstić information content (AvgIpc) is 2.80. The molecule has 0 aliphatic carbocycles. The highest BCUT2D eigenvalue weighted by molar-refractivity contribution is 5.96. The van der Waals surface area contributed by atoms with Crippen molar-refractivity contribution in [3.05, 3.63) is 48.5 Å². The largest absolute Gasteiger partial charge is 0.394 e. The van der Waals surface area contributed by atoms with Crippen molar-refractivity contribution in [1.29, 1.82) is 0 Å². The van der Waals surface area contributed by atoms with Gasteiger partial charge in [0.15, 0.2) is 0 Å². The van der Waals surface area contributed by atoms with E-state index in [4.69, 9.17) is 10.8 Å². The highest BCUT2D eigenvalue weighted by atomic mass is 16.3.